The van der Waals surface area contributed by atoms with Gasteiger partial charge in [0.15, 0.2) is 0 Å². The lowest BCUT2D eigenvalue weighted by molar-refractivity contribution is 0.0787. The van der Waals surface area contributed by atoms with E-state index in [1.807, 2.05) is 33.0 Å². The molecule has 28 heavy (non-hydrogen) atoms. The maximum absolute atomic E-state index is 13.3. The molecule has 1 aromatic carbocycles. The highest BCUT2D eigenvalue weighted by Gasteiger charge is 2.22. The number of nitrogens with zero attached hydrogens (tertiary/aromatic N) is 4. The number of para-hydroxylation sites is 1. The van der Waals surface area contributed by atoms with Gasteiger partial charge in [-0.3, -0.25) is 4.79 Å². The average Bonchev–Trinajstić information content (AvgIpc) is 3.08. The van der Waals surface area contributed by atoms with E-state index in [0.29, 0.717) is 28.9 Å². The van der Waals surface area contributed by atoms with Crippen LogP contribution in [-0.4, -0.2) is 41.1 Å². The van der Waals surface area contributed by atoms with Crippen molar-refractivity contribution in [1.82, 2.24) is 15.0 Å². The number of carbonyl (C=O) groups is 1. The predicted octanol–water partition coefficient (Wildman–Crippen LogP) is 4.10. The predicted molar refractivity (Wildman–Crippen MR) is 110 cm³/mol. The van der Waals surface area contributed by atoms with E-state index in [0.717, 1.165) is 18.8 Å². The zero-order valence-electron chi connectivity index (χ0n) is 16.7. The number of aryl methyl sites for hydroxylation is 2. The Morgan fingerprint density at radius 3 is 2.71 bits per heavy atom. The summed E-state index contributed by atoms with van der Waals surface area (Å²) in [4.78, 5) is 21.8. The summed E-state index contributed by atoms with van der Waals surface area (Å²) in [6.45, 7) is 6.42. The van der Waals surface area contributed by atoms with Crippen LogP contribution in [0.3, 0.4) is 0 Å². The Bertz CT molecular complexity index is 1000. The largest absolute Gasteiger partial charge is 0.371 e. The van der Waals surface area contributed by atoms with Gasteiger partial charge in [-0.05, 0) is 50.8 Å². The minimum absolute atomic E-state index is 0.0461. The molecular formula is C22H26N4O2. The van der Waals surface area contributed by atoms with Gasteiger partial charge in [0, 0.05) is 38.1 Å². The molecule has 0 unspecified atom stereocenters. The number of benzene rings is 1. The zero-order valence-corrected chi connectivity index (χ0v) is 16.7. The van der Waals surface area contributed by atoms with Crippen LogP contribution in [0.2, 0.25) is 0 Å². The van der Waals surface area contributed by atoms with E-state index >= 15 is 0 Å². The number of amides is 1. The molecule has 3 heterocycles. The molecule has 1 aliphatic heterocycles. The smallest absolute Gasteiger partial charge is 0.258 e. The van der Waals surface area contributed by atoms with Crippen LogP contribution in [0.1, 0.15) is 46.6 Å². The van der Waals surface area contributed by atoms with Crippen LogP contribution >= 0.6 is 0 Å². The Morgan fingerprint density at radius 2 is 1.93 bits per heavy atom. The molecule has 1 aliphatic rings. The van der Waals surface area contributed by atoms with Crippen molar-refractivity contribution in [1.29, 1.82) is 0 Å². The van der Waals surface area contributed by atoms with Crippen LogP contribution in [0.15, 0.2) is 34.9 Å². The summed E-state index contributed by atoms with van der Waals surface area (Å²) in [5.41, 5.74) is 4.85. The van der Waals surface area contributed by atoms with Crippen molar-refractivity contribution in [3.05, 3.63) is 52.8 Å². The summed E-state index contributed by atoms with van der Waals surface area (Å²) in [6, 6.07) is 10.2. The zero-order chi connectivity index (χ0) is 19.7. The Labute approximate surface area is 165 Å². The molecule has 6 heteroatoms. The standard InChI is InChI=1S/C22H26N4O2/c1-15-13-18(20-16(2)24-28-21(20)23-15)22(27)25(3)14-17-9-5-6-10-19(17)26-11-7-4-8-12-26/h5-6,9-10,13H,4,7-8,11-12,14H2,1-3H3. The van der Waals surface area contributed by atoms with E-state index in [1.54, 1.807) is 4.90 Å². The van der Waals surface area contributed by atoms with Crippen molar-refractivity contribution in [2.45, 2.75) is 39.7 Å². The summed E-state index contributed by atoms with van der Waals surface area (Å²) >= 11 is 0. The Balaban J connectivity index is 1.62. The highest BCUT2D eigenvalue weighted by molar-refractivity contribution is 6.05. The molecule has 0 spiro atoms. The van der Waals surface area contributed by atoms with E-state index < -0.39 is 0 Å². The van der Waals surface area contributed by atoms with Crippen molar-refractivity contribution in [3.8, 4) is 0 Å². The van der Waals surface area contributed by atoms with Gasteiger partial charge in [-0.2, -0.15) is 0 Å². The first kappa shape index (κ1) is 18.5. The number of aromatic nitrogens is 2. The van der Waals surface area contributed by atoms with Crippen molar-refractivity contribution < 1.29 is 9.32 Å². The number of fused-ring (bicyclic) bond motifs is 1. The van der Waals surface area contributed by atoms with Crippen molar-refractivity contribution >= 4 is 22.7 Å². The molecule has 6 nitrogen and oxygen atoms in total. The van der Waals surface area contributed by atoms with Gasteiger partial charge in [0.2, 0.25) is 0 Å². The third-order valence-corrected chi connectivity index (χ3v) is 5.42. The van der Waals surface area contributed by atoms with Crippen molar-refractivity contribution in [2.24, 2.45) is 0 Å². The van der Waals surface area contributed by atoms with Crippen LogP contribution in [-0.2, 0) is 6.54 Å². The molecule has 0 aliphatic carbocycles. The molecular weight excluding hydrogens is 352 g/mol. The Morgan fingerprint density at radius 1 is 1.18 bits per heavy atom. The van der Waals surface area contributed by atoms with E-state index in [9.17, 15) is 4.79 Å². The molecule has 1 amide bonds. The number of carbonyl (C=O) groups excluding carboxylic acids is 1. The topological polar surface area (TPSA) is 62.5 Å². The van der Waals surface area contributed by atoms with E-state index in [4.69, 9.17) is 4.52 Å². The second-order valence-electron chi connectivity index (χ2n) is 7.60. The first-order valence-corrected chi connectivity index (χ1v) is 9.86. The fourth-order valence-corrected chi connectivity index (χ4v) is 4.01. The lowest BCUT2D eigenvalue weighted by atomic mass is 10.1. The fourth-order valence-electron chi connectivity index (χ4n) is 4.01. The summed E-state index contributed by atoms with van der Waals surface area (Å²) in [5, 5.41) is 4.68. The molecule has 0 bridgehead atoms. The third kappa shape index (κ3) is 3.46. The first-order chi connectivity index (χ1) is 13.5. The normalized spacial score (nSPS) is 14.5. The minimum atomic E-state index is -0.0461. The molecule has 2 aromatic heterocycles. The lowest BCUT2D eigenvalue weighted by Gasteiger charge is -2.31. The van der Waals surface area contributed by atoms with Gasteiger partial charge in [-0.15, -0.1) is 0 Å². The average molecular weight is 378 g/mol. The van der Waals surface area contributed by atoms with Gasteiger partial charge < -0.3 is 14.3 Å². The molecule has 1 fully saturated rings. The van der Waals surface area contributed by atoms with Crippen LogP contribution in [0, 0.1) is 13.8 Å². The van der Waals surface area contributed by atoms with Crippen molar-refractivity contribution in [3.63, 3.8) is 0 Å². The summed E-state index contributed by atoms with van der Waals surface area (Å²) in [7, 11) is 1.85. The lowest BCUT2D eigenvalue weighted by Crippen LogP contribution is -2.32. The fraction of sp³-hybridized carbons (Fsp3) is 0.409. The Kier molecular flexibility index (Phi) is 5.03. The number of rotatable bonds is 4. The Hall–Kier alpha value is -2.89. The van der Waals surface area contributed by atoms with Gasteiger partial charge in [0.25, 0.3) is 11.6 Å². The highest BCUT2D eigenvalue weighted by atomic mass is 16.5. The number of hydrogen-bond acceptors (Lipinski definition) is 5. The van der Waals surface area contributed by atoms with Crippen LogP contribution in [0.4, 0.5) is 5.69 Å². The molecule has 4 rings (SSSR count). The highest BCUT2D eigenvalue weighted by Crippen LogP contribution is 2.27. The molecule has 0 N–H and O–H groups in total. The van der Waals surface area contributed by atoms with Crippen LogP contribution in [0.25, 0.3) is 11.1 Å². The third-order valence-electron chi connectivity index (χ3n) is 5.42. The second-order valence-corrected chi connectivity index (χ2v) is 7.60. The van der Waals surface area contributed by atoms with Gasteiger partial charge in [-0.25, -0.2) is 4.98 Å². The van der Waals surface area contributed by atoms with Gasteiger partial charge >= 0.3 is 0 Å². The maximum atomic E-state index is 13.3. The number of piperidine rings is 1. The van der Waals surface area contributed by atoms with Gasteiger partial charge in [-0.1, -0.05) is 23.4 Å². The maximum Gasteiger partial charge on any atom is 0.258 e. The number of pyridine rings is 1. The molecule has 0 atom stereocenters. The minimum Gasteiger partial charge on any atom is -0.371 e. The van der Waals surface area contributed by atoms with Crippen LogP contribution < -0.4 is 4.90 Å². The number of anilines is 1. The van der Waals surface area contributed by atoms with Gasteiger partial charge in [0.1, 0.15) is 0 Å². The second kappa shape index (κ2) is 7.62. The summed E-state index contributed by atoms with van der Waals surface area (Å²) in [5.74, 6) is -0.0461. The molecule has 1 saturated heterocycles. The van der Waals surface area contributed by atoms with E-state index in [1.165, 1.54) is 30.5 Å². The quantitative estimate of drug-likeness (QED) is 0.684. The summed E-state index contributed by atoms with van der Waals surface area (Å²) < 4.78 is 5.28. The molecule has 0 saturated carbocycles. The SMILES string of the molecule is Cc1cc(C(=O)N(C)Cc2ccccc2N2CCCCC2)c2c(C)noc2n1. The van der Waals surface area contributed by atoms with Crippen molar-refractivity contribution in [2.75, 3.05) is 25.0 Å². The molecule has 0 radical (unpaired) electrons. The monoisotopic (exact) mass is 378 g/mol. The summed E-state index contributed by atoms with van der Waals surface area (Å²) in [6.07, 6.45) is 3.75. The first-order valence-electron chi connectivity index (χ1n) is 9.86. The van der Waals surface area contributed by atoms with Crippen LogP contribution in [0.5, 0.6) is 0 Å². The molecule has 146 valence electrons. The van der Waals surface area contributed by atoms with E-state index in [-0.39, 0.29) is 5.91 Å². The van der Waals surface area contributed by atoms with E-state index in [2.05, 4.69) is 33.2 Å². The number of hydrogen-bond donors (Lipinski definition) is 0. The molecule has 3 aromatic rings. The van der Waals surface area contributed by atoms with Gasteiger partial charge in [0.05, 0.1) is 16.6 Å².